The Balaban J connectivity index is 1.94. The van der Waals surface area contributed by atoms with Crippen LogP contribution < -0.4 is 0 Å². The van der Waals surface area contributed by atoms with Gasteiger partial charge in [0.15, 0.2) is 5.78 Å². The fraction of sp³-hybridized carbons (Fsp3) is 0.125. The van der Waals surface area contributed by atoms with E-state index < -0.39 is 5.92 Å². The molecule has 3 rings (SSSR count). The molecular weight excluding hydrogens is 367 g/mol. The van der Waals surface area contributed by atoms with Crippen LogP contribution in [0.1, 0.15) is 33.0 Å². The van der Waals surface area contributed by atoms with Crippen molar-refractivity contribution in [3.05, 3.63) is 107 Å². The zero-order chi connectivity index (χ0) is 20.8. The number of aliphatic imine (C=N–C) groups is 1. The lowest BCUT2D eigenvalue weighted by Gasteiger charge is -2.15. The number of carbonyl (C=O) groups is 2. The van der Waals surface area contributed by atoms with Crippen LogP contribution in [0.2, 0.25) is 0 Å². The van der Waals surface area contributed by atoms with Gasteiger partial charge < -0.3 is 4.90 Å². The first-order valence-electron chi connectivity index (χ1n) is 9.15. The van der Waals surface area contributed by atoms with Crippen molar-refractivity contribution in [2.75, 3.05) is 14.1 Å². The maximum Gasteiger partial charge on any atom is 0.259 e. The molecule has 0 aliphatic heterocycles. The molecule has 0 fully saturated rings. The first-order chi connectivity index (χ1) is 14.0. The summed E-state index contributed by atoms with van der Waals surface area (Å²) >= 11 is 0. The van der Waals surface area contributed by atoms with E-state index >= 15 is 0 Å². The van der Waals surface area contributed by atoms with Gasteiger partial charge in [0, 0.05) is 25.2 Å². The zero-order valence-electron chi connectivity index (χ0n) is 16.2. The third-order valence-corrected chi connectivity index (χ3v) is 4.41. The predicted molar refractivity (Wildman–Crippen MR) is 112 cm³/mol. The maximum absolute atomic E-state index is 13.4. The molecule has 0 N–H and O–H groups in total. The quantitative estimate of drug-likeness (QED) is 0.359. The molecule has 0 unspecified atom stereocenters. The molecule has 0 saturated heterocycles. The molecular formula is C24H21FN2O2. The van der Waals surface area contributed by atoms with E-state index in [-0.39, 0.29) is 17.5 Å². The Morgan fingerprint density at radius 1 is 0.828 bits per heavy atom. The summed E-state index contributed by atoms with van der Waals surface area (Å²) in [6, 6.07) is 21.7. The number of ketones is 1. The topological polar surface area (TPSA) is 49.7 Å². The Hall–Kier alpha value is -3.60. The number of nitrogens with zero attached hydrogens (tertiary/aromatic N) is 2. The monoisotopic (exact) mass is 388 g/mol. The van der Waals surface area contributed by atoms with E-state index in [4.69, 9.17) is 0 Å². The van der Waals surface area contributed by atoms with Crippen molar-refractivity contribution in [2.24, 2.45) is 4.99 Å². The lowest BCUT2D eigenvalue weighted by molar-refractivity contribution is -0.118. The molecule has 29 heavy (non-hydrogen) atoms. The summed E-state index contributed by atoms with van der Waals surface area (Å²) in [6.45, 7) is 0. The van der Waals surface area contributed by atoms with Crippen LogP contribution in [0.4, 0.5) is 4.39 Å². The summed E-state index contributed by atoms with van der Waals surface area (Å²) < 4.78 is 13.4. The minimum Gasteiger partial charge on any atom is -0.369 e. The van der Waals surface area contributed by atoms with Crippen molar-refractivity contribution < 1.29 is 14.0 Å². The number of halogens is 1. The molecule has 0 aliphatic rings. The van der Waals surface area contributed by atoms with Gasteiger partial charge in [-0.3, -0.25) is 9.59 Å². The molecule has 0 aromatic heterocycles. The normalized spacial score (nSPS) is 12.0. The summed E-state index contributed by atoms with van der Waals surface area (Å²) in [5.74, 6) is -1.52. The van der Waals surface area contributed by atoms with Crippen LogP contribution in [-0.2, 0) is 4.79 Å². The third kappa shape index (κ3) is 5.02. The van der Waals surface area contributed by atoms with Crippen molar-refractivity contribution in [3.63, 3.8) is 0 Å². The van der Waals surface area contributed by atoms with Crippen LogP contribution in [0.15, 0.2) is 83.9 Å². The SMILES string of the molecule is CN(C)C=NC(=O)[C@@H](c1ccc(F)cc1)c1ccc(C(=O)c2ccccc2)cc1. The largest absolute Gasteiger partial charge is 0.369 e. The smallest absolute Gasteiger partial charge is 0.259 e. The van der Waals surface area contributed by atoms with E-state index in [1.165, 1.54) is 18.5 Å². The molecule has 5 heteroatoms. The molecule has 0 radical (unpaired) electrons. The van der Waals surface area contributed by atoms with Gasteiger partial charge in [0.25, 0.3) is 5.91 Å². The minimum atomic E-state index is -0.687. The molecule has 0 saturated carbocycles. The average Bonchev–Trinajstić information content (AvgIpc) is 2.74. The van der Waals surface area contributed by atoms with Crippen LogP contribution in [0.5, 0.6) is 0 Å². The molecule has 0 aliphatic carbocycles. The number of amides is 1. The fourth-order valence-electron chi connectivity index (χ4n) is 2.96. The molecule has 0 heterocycles. The van der Waals surface area contributed by atoms with Gasteiger partial charge in [0.2, 0.25) is 0 Å². The Morgan fingerprint density at radius 2 is 1.34 bits per heavy atom. The van der Waals surface area contributed by atoms with Gasteiger partial charge in [-0.2, -0.15) is 0 Å². The van der Waals surface area contributed by atoms with Crippen LogP contribution in [-0.4, -0.2) is 37.0 Å². The van der Waals surface area contributed by atoms with E-state index in [1.54, 1.807) is 67.5 Å². The Bertz CT molecular complexity index is 1010. The second-order valence-electron chi connectivity index (χ2n) is 6.85. The lowest BCUT2D eigenvalue weighted by atomic mass is 9.89. The number of hydrogen-bond donors (Lipinski definition) is 0. The van der Waals surface area contributed by atoms with Gasteiger partial charge in [-0.05, 0) is 23.3 Å². The van der Waals surface area contributed by atoms with Gasteiger partial charge in [0.1, 0.15) is 5.82 Å². The first-order valence-corrected chi connectivity index (χ1v) is 9.15. The zero-order valence-corrected chi connectivity index (χ0v) is 16.2. The highest BCUT2D eigenvalue weighted by atomic mass is 19.1. The second-order valence-corrected chi connectivity index (χ2v) is 6.85. The average molecular weight is 388 g/mol. The van der Waals surface area contributed by atoms with Crippen molar-refractivity contribution in [2.45, 2.75) is 5.92 Å². The fourth-order valence-corrected chi connectivity index (χ4v) is 2.96. The van der Waals surface area contributed by atoms with Crippen LogP contribution in [0.25, 0.3) is 0 Å². The molecule has 0 spiro atoms. The number of carbonyl (C=O) groups excluding carboxylic acids is 2. The summed E-state index contributed by atoms with van der Waals surface area (Å²) in [7, 11) is 3.54. The Kier molecular flexibility index (Phi) is 6.29. The third-order valence-electron chi connectivity index (χ3n) is 4.41. The summed E-state index contributed by atoms with van der Waals surface area (Å²) in [6.07, 6.45) is 1.44. The van der Waals surface area contributed by atoms with Gasteiger partial charge in [-0.15, -0.1) is 0 Å². The highest BCUT2D eigenvalue weighted by Gasteiger charge is 2.23. The van der Waals surface area contributed by atoms with Crippen molar-refractivity contribution in [1.82, 2.24) is 4.90 Å². The lowest BCUT2D eigenvalue weighted by Crippen LogP contribution is -2.16. The number of hydrogen-bond acceptors (Lipinski definition) is 2. The highest BCUT2D eigenvalue weighted by molar-refractivity contribution is 6.09. The Labute approximate surface area is 169 Å². The number of rotatable bonds is 6. The standard InChI is InChI=1S/C24H21FN2O2/c1-27(2)16-26-24(29)22(18-12-14-21(25)15-13-18)17-8-10-20(11-9-17)23(28)19-6-4-3-5-7-19/h3-16,22H,1-2H3/t22-/m1/s1. The first kappa shape index (κ1) is 20.1. The number of benzene rings is 3. The van der Waals surface area contributed by atoms with Crippen LogP contribution in [0, 0.1) is 5.82 Å². The molecule has 146 valence electrons. The molecule has 0 bridgehead atoms. The summed E-state index contributed by atoms with van der Waals surface area (Å²) in [5, 5.41) is 0. The summed E-state index contributed by atoms with van der Waals surface area (Å²) in [5.41, 5.74) is 2.45. The van der Waals surface area contributed by atoms with E-state index in [0.717, 1.165) is 0 Å². The van der Waals surface area contributed by atoms with E-state index in [2.05, 4.69) is 4.99 Å². The molecule has 3 aromatic rings. The molecule has 1 amide bonds. The van der Waals surface area contributed by atoms with Gasteiger partial charge in [0.05, 0.1) is 12.3 Å². The van der Waals surface area contributed by atoms with Gasteiger partial charge in [-0.25, -0.2) is 9.38 Å². The van der Waals surface area contributed by atoms with Crippen molar-refractivity contribution in [3.8, 4) is 0 Å². The highest BCUT2D eigenvalue weighted by Crippen LogP contribution is 2.27. The van der Waals surface area contributed by atoms with E-state index in [0.29, 0.717) is 22.3 Å². The predicted octanol–water partition coefficient (Wildman–Crippen LogP) is 4.31. The van der Waals surface area contributed by atoms with Crippen LogP contribution >= 0.6 is 0 Å². The molecule has 4 nitrogen and oxygen atoms in total. The molecule has 1 atom stereocenters. The Morgan fingerprint density at radius 3 is 1.90 bits per heavy atom. The van der Waals surface area contributed by atoms with Gasteiger partial charge >= 0.3 is 0 Å². The van der Waals surface area contributed by atoms with E-state index in [9.17, 15) is 14.0 Å². The minimum absolute atomic E-state index is 0.0903. The second kappa shape index (κ2) is 9.06. The van der Waals surface area contributed by atoms with Gasteiger partial charge in [-0.1, -0.05) is 66.7 Å². The summed E-state index contributed by atoms with van der Waals surface area (Å²) in [4.78, 5) is 31.1. The van der Waals surface area contributed by atoms with Crippen LogP contribution in [0.3, 0.4) is 0 Å². The van der Waals surface area contributed by atoms with Crippen molar-refractivity contribution >= 4 is 18.0 Å². The van der Waals surface area contributed by atoms with Crippen molar-refractivity contribution in [1.29, 1.82) is 0 Å². The maximum atomic E-state index is 13.4. The molecule has 3 aromatic carbocycles. The van der Waals surface area contributed by atoms with E-state index in [1.807, 2.05) is 18.2 Å².